The van der Waals surface area contributed by atoms with Crippen LogP contribution in [0.4, 0.5) is 11.8 Å². The summed E-state index contributed by atoms with van der Waals surface area (Å²) in [6, 6.07) is 8.38. The highest BCUT2D eigenvalue weighted by Crippen LogP contribution is 2.43. The van der Waals surface area contributed by atoms with Gasteiger partial charge in [-0.3, -0.25) is 4.57 Å². The Kier molecular flexibility index (Phi) is 2.85. The van der Waals surface area contributed by atoms with E-state index < -0.39 is 5.60 Å². The first kappa shape index (κ1) is 14.9. The second-order valence-electron chi connectivity index (χ2n) is 7.15. The summed E-state index contributed by atoms with van der Waals surface area (Å²) in [5.74, 6) is 1.20. The number of hydrogen-bond acceptors (Lipinski definition) is 8. The topological polar surface area (TPSA) is 95.8 Å². The van der Waals surface area contributed by atoms with Crippen molar-refractivity contribution in [2.75, 3.05) is 10.0 Å². The van der Waals surface area contributed by atoms with Gasteiger partial charge in [-0.1, -0.05) is 23.4 Å². The van der Waals surface area contributed by atoms with Gasteiger partial charge in [0.15, 0.2) is 12.0 Å². The number of hydrazine groups is 1. The number of anilines is 2. The van der Waals surface area contributed by atoms with Gasteiger partial charge in [0.2, 0.25) is 5.82 Å². The molecule has 6 rings (SSSR count). The molecule has 136 valence electrons. The molecule has 3 aromatic rings. The second kappa shape index (κ2) is 5.17. The third-order valence-electron chi connectivity index (χ3n) is 5.57. The Bertz CT molecular complexity index is 1050. The maximum Gasteiger partial charge on any atom is 0.348 e. The Morgan fingerprint density at radius 1 is 1.19 bits per heavy atom. The summed E-state index contributed by atoms with van der Waals surface area (Å²) in [5, 5.41) is 18.5. The molecular weight excluding hydrogens is 346 g/mol. The molecule has 0 amide bonds. The predicted molar refractivity (Wildman–Crippen MR) is 96.4 cm³/mol. The zero-order valence-corrected chi connectivity index (χ0v) is 14.4. The van der Waals surface area contributed by atoms with E-state index in [0.717, 1.165) is 29.9 Å². The second-order valence-corrected chi connectivity index (χ2v) is 7.15. The lowest BCUT2D eigenvalue weighted by Crippen LogP contribution is -2.42. The number of para-hydroxylation sites is 1. The number of nitrogens with zero attached hydrogens (tertiary/aromatic N) is 7. The van der Waals surface area contributed by atoms with Crippen LogP contribution in [-0.4, -0.2) is 31.1 Å². The van der Waals surface area contributed by atoms with E-state index in [1.54, 1.807) is 23.9 Å². The third-order valence-corrected chi connectivity index (χ3v) is 5.57. The quantitative estimate of drug-likeness (QED) is 0.746. The summed E-state index contributed by atoms with van der Waals surface area (Å²) in [6.07, 6.45) is 8.27. The maximum absolute atomic E-state index is 10.7. The average Bonchev–Trinajstić information content (AvgIpc) is 3.45. The third kappa shape index (κ3) is 1.97. The highest BCUT2D eigenvalue weighted by Gasteiger charge is 2.42. The fourth-order valence-corrected chi connectivity index (χ4v) is 4.20. The average molecular weight is 363 g/mol. The minimum Gasteiger partial charge on any atom is -0.382 e. The zero-order valence-electron chi connectivity index (χ0n) is 14.4. The Morgan fingerprint density at radius 2 is 2.04 bits per heavy atom. The minimum absolute atomic E-state index is 0.227. The Hall–Kier alpha value is -3.20. The van der Waals surface area contributed by atoms with Crippen molar-refractivity contribution in [3.8, 4) is 5.69 Å². The molecule has 9 nitrogen and oxygen atoms in total. The number of hydrogen-bond donors (Lipinski definition) is 1. The number of rotatable bonds is 2. The van der Waals surface area contributed by atoms with E-state index in [-0.39, 0.29) is 12.2 Å². The molecule has 3 aliphatic rings. The van der Waals surface area contributed by atoms with Gasteiger partial charge in [0, 0.05) is 5.56 Å². The summed E-state index contributed by atoms with van der Waals surface area (Å²) in [5.41, 5.74) is 1.13. The SMILES string of the molecule is OC1(c2noc(N3C=NC4c5ccccc5-n5cncc5N43)n2)CCCC1. The van der Waals surface area contributed by atoms with E-state index in [9.17, 15) is 5.11 Å². The van der Waals surface area contributed by atoms with Crippen molar-refractivity contribution in [2.45, 2.75) is 37.5 Å². The first-order chi connectivity index (χ1) is 13.2. The lowest BCUT2D eigenvalue weighted by Gasteiger charge is -2.35. The van der Waals surface area contributed by atoms with Crippen LogP contribution in [0.2, 0.25) is 0 Å². The van der Waals surface area contributed by atoms with Crippen molar-refractivity contribution in [1.82, 2.24) is 19.7 Å². The fourth-order valence-electron chi connectivity index (χ4n) is 4.20. The summed E-state index contributed by atoms with van der Waals surface area (Å²) in [7, 11) is 0. The van der Waals surface area contributed by atoms with Crippen LogP contribution in [0.1, 0.15) is 43.2 Å². The fraction of sp³-hybridized carbons (Fsp3) is 0.333. The number of benzene rings is 1. The van der Waals surface area contributed by atoms with Crippen LogP contribution in [0.15, 0.2) is 46.3 Å². The number of imidazole rings is 1. The first-order valence-electron chi connectivity index (χ1n) is 9.04. The Balaban J connectivity index is 1.42. The molecule has 1 saturated carbocycles. The van der Waals surface area contributed by atoms with Crippen LogP contribution in [-0.2, 0) is 5.60 Å². The zero-order chi connectivity index (χ0) is 18.0. The maximum atomic E-state index is 10.7. The van der Waals surface area contributed by atoms with E-state index >= 15 is 0 Å². The van der Waals surface area contributed by atoms with Gasteiger partial charge in [0.1, 0.15) is 18.3 Å². The first-order valence-corrected chi connectivity index (χ1v) is 9.04. The van der Waals surface area contributed by atoms with Gasteiger partial charge in [0.05, 0.1) is 11.9 Å². The van der Waals surface area contributed by atoms with Gasteiger partial charge in [-0.15, -0.1) is 0 Å². The van der Waals surface area contributed by atoms with Gasteiger partial charge in [0.25, 0.3) is 0 Å². The van der Waals surface area contributed by atoms with E-state index in [4.69, 9.17) is 4.52 Å². The minimum atomic E-state index is -0.992. The summed E-state index contributed by atoms with van der Waals surface area (Å²) in [4.78, 5) is 13.4. The number of fused-ring (bicyclic) bond motifs is 6. The van der Waals surface area contributed by atoms with Crippen LogP contribution in [0, 0.1) is 0 Å². The summed E-state index contributed by atoms with van der Waals surface area (Å²) >= 11 is 0. The molecule has 1 atom stereocenters. The molecule has 1 aromatic carbocycles. The summed E-state index contributed by atoms with van der Waals surface area (Å²) < 4.78 is 7.51. The largest absolute Gasteiger partial charge is 0.382 e. The van der Waals surface area contributed by atoms with Crippen LogP contribution in [0.5, 0.6) is 0 Å². The molecule has 27 heavy (non-hydrogen) atoms. The van der Waals surface area contributed by atoms with Gasteiger partial charge in [-0.25, -0.2) is 15.0 Å². The molecule has 0 saturated heterocycles. The molecule has 1 aliphatic carbocycles. The number of aliphatic imine (C=N–C) groups is 1. The molecular formula is C18H17N7O2. The lowest BCUT2D eigenvalue weighted by atomic mass is 10.0. The lowest BCUT2D eigenvalue weighted by molar-refractivity contribution is 0.0328. The summed E-state index contributed by atoms with van der Waals surface area (Å²) in [6.45, 7) is 0. The van der Waals surface area contributed by atoms with Crippen molar-refractivity contribution in [1.29, 1.82) is 0 Å². The van der Waals surface area contributed by atoms with E-state index in [1.807, 2.05) is 21.7 Å². The van der Waals surface area contributed by atoms with E-state index in [0.29, 0.717) is 18.7 Å². The van der Waals surface area contributed by atoms with Crippen molar-refractivity contribution in [3.63, 3.8) is 0 Å². The highest BCUT2D eigenvalue weighted by molar-refractivity contribution is 5.84. The van der Waals surface area contributed by atoms with Gasteiger partial charge in [-0.05, 0) is 31.7 Å². The Morgan fingerprint density at radius 3 is 2.93 bits per heavy atom. The molecule has 0 radical (unpaired) electrons. The smallest absolute Gasteiger partial charge is 0.348 e. The molecule has 9 heteroatoms. The highest BCUT2D eigenvalue weighted by atomic mass is 16.5. The molecule has 2 aliphatic heterocycles. The van der Waals surface area contributed by atoms with Crippen molar-refractivity contribution in [2.24, 2.45) is 4.99 Å². The van der Waals surface area contributed by atoms with Crippen molar-refractivity contribution in [3.05, 3.63) is 48.2 Å². The normalized spacial score (nSPS) is 22.0. The van der Waals surface area contributed by atoms with Gasteiger partial charge >= 0.3 is 6.01 Å². The molecule has 0 spiro atoms. The van der Waals surface area contributed by atoms with Gasteiger partial charge < -0.3 is 9.63 Å². The monoisotopic (exact) mass is 363 g/mol. The predicted octanol–water partition coefficient (Wildman–Crippen LogP) is 2.30. The number of aromatic nitrogens is 4. The van der Waals surface area contributed by atoms with Crippen LogP contribution >= 0.6 is 0 Å². The molecule has 1 N–H and O–H groups in total. The van der Waals surface area contributed by atoms with Crippen LogP contribution in [0.25, 0.3) is 5.69 Å². The molecule has 0 bridgehead atoms. The van der Waals surface area contributed by atoms with E-state index in [1.165, 1.54) is 0 Å². The molecule has 2 aromatic heterocycles. The molecule has 1 unspecified atom stereocenters. The van der Waals surface area contributed by atoms with E-state index in [2.05, 4.69) is 32.2 Å². The molecule has 1 fully saturated rings. The van der Waals surface area contributed by atoms with Crippen molar-refractivity contribution >= 4 is 18.2 Å². The number of aliphatic hydroxyl groups is 1. The van der Waals surface area contributed by atoms with Crippen LogP contribution < -0.4 is 10.0 Å². The molecule has 4 heterocycles. The van der Waals surface area contributed by atoms with Gasteiger partial charge in [-0.2, -0.15) is 9.99 Å². The van der Waals surface area contributed by atoms with Crippen molar-refractivity contribution < 1.29 is 9.63 Å². The Labute approximate surface area is 154 Å². The van der Waals surface area contributed by atoms with Crippen LogP contribution in [0.3, 0.4) is 0 Å². The standard InChI is InChI=1S/C18H17N7O2/c26-18(7-3-4-8-18)16-21-17(27-22-16)24-11-20-15-12-5-1-2-6-13(12)23-10-19-9-14(23)25(15)24/h1-2,5-6,9-11,15,26H,3-4,7-8H2.